The molecule has 1 aliphatic heterocycles. The summed E-state index contributed by atoms with van der Waals surface area (Å²) in [5.41, 5.74) is 0. The third-order valence-corrected chi connectivity index (χ3v) is 4.78. The molecule has 0 bridgehead atoms. The van der Waals surface area contributed by atoms with Crippen molar-refractivity contribution in [2.45, 2.75) is 71.9 Å². The molecule has 0 saturated carbocycles. The number of hydrogen-bond donors (Lipinski definition) is 1. The lowest BCUT2D eigenvalue weighted by Crippen LogP contribution is -2.50. The van der Waals surface area contributed by atoms with Gasteiger partial charge in [-0.1, -0.05) is 33.1 Å². The molecule has 0 aromatic carbocycles. The molecule has 1 rings (SSSR count). The topological polar surface area (TPSA) is 18.5 Å². The zero-order chi connectivity index (χ0) is 14.8. The number of nitrogens with zero attached hydrogens (tertiary/aromatic N) is 2. The summed E-state index contributed by atoms with van der Waals surface area (Å²) in [7, 11) is 0. The van der Waals surface area contributed by atoms with Crippen LogP contribution < -0.4 is 5.32 Å². The Labute approximate surface area is 127 Å². The lowest BCUT2D eigenvalue weighted by Gasteiger charge is -2.38. The van der Waals surface area contributed by atoms with Gasteiger partial charge in [-0.05, 0) is 26.7 Å². The van der Waals surface area contributed by atoms with E-state index in [9.17, 15) is 0 Å². The minimum absolute atomic E-state index is 0.683. The van der Waals surface area contributed by atoms with Crippen LogP contribution in [0.25, 0.3) is 0 Å². The molecule has 0 aromatic heterocycles. The van der Waals surface area contributed by atoms with Crippen LogP contribution in [-0.4, -0.2) is 61.2 Å². The number of piperazine rings is 1. The van der Waals surface area contributed by atoms with Gasteiger partial charge in [0.1, 0.15) is 0 Å². The van der Waals surface area contributed by atoms with Gasteiger partial charge < -0.3 is 5.32 Å². The van der Waals surface area contributed by atoms with Crippen LogP contribution in [-0.2, 0) is 0 Å². The summed E-state index contributed by atoms with van der Waals surface area (Å²) in [5.74, 6) is 0. The van der Waals surface area contributed by atoms with Gasteiger partial charge in [0.05, 0.1) is 0 Å². The van der Waals surface area contributed by atoms with Crippen molar-refractivity contribution in [3.8, 4) is 0 Å². The highest BCUT2D eigenvalue weighted by atomic mass is 15.3. The highest BCUT2D eigenvalue weighted by Gasteiger charge is 2.19. The monoisotopic (exact) mass is 283 g/mol. The highest BCUT2D eigenvalue weighted by molar-refractivity contribution is 4.76. The van der Waals surface area contributed by atoms with Crippen molar-refractivity contribution in [2.75, 3.05) is 39.3 Å². The first kappa shape index (κ1) is 17.9. The first-order valence-corrected chi connectivity index (χ1v) is 8.87. The van der Waals surface area contributed by atoms with Crippen LogP contribution in [0.1, 0.15) is 59.8 Å². The van der Waals surface area contributed by atoms with Crippen LogP contribution in [0.3, 0.4) is 0 Å². The molecule has 0 aromatic rings. The van der Waals surface area contributed by atoms with Gasteiger partial charge in [-0.2, -0.15) is 0 Å². The standard InChI is InChI=1S/C17H37N3/c1-5-7-8-9-16(3)18-10-11-19-12-14-20(15-13-19)17(4)6-2/h16-18H,5-15H2,1-4H3. The molecular weight excluding hydrogens is 246 g/mol. The van der Waals surface area contributed by atoms with E-state index < -0.39 is 0 Å². The third-order valence-electron chi connectivity index (χ3n) is 4.78. The maximum absolute atomic E-state index is 3.68. The second-order valence-electron chi connectivity index (χ2n) is 6.49. The fourth-order valence-corrected chi connectivity index (χ4v) is 2.96. The molecule has 1 N–H and O–H groups in total. The molecule has 1 heterocycles. The van der Waals surface area contributed by atoms with E-state index in [1.54, 1.807) is 0 Å². The Morgan fingerprint density at radius 3 is 2.30 bits per heavy atom. The van der Waals surface area contributed by atoms with Gasteiger partial charge in [0.15, 0.2) is 0 Å². The van der Waals surface area contributed by atoms with Gasteiger partial charge in [-0.3, -0.25) is 9.80 Å². The summed E-state index contributed by atoms with van der Waals surface area (Å²) >= 11 is 0. The molecule has 1 saturated heterocycles. The fourth-order valence-electron chi connectivity index (χ4n) is 2.96. The smallest absolute Gasteiger partial charge is 0.0113 e. The summed E-state index contributed by atoms with van der Waals surface area (Å²) in [6, 6.07) is 1.44. The lowest BCUT2D eigenvalue weighted by atomic mass is 10.1. The van der Waals surface area contributed by atoms with Gasteiger partial charge in [-0.25, -0.2) is 0 Å². The average molecular weight is 284 g/mol. The molecule has 0 aliphatic carbocycles. The maximum Gasteiger partial charge on any atom is 0.0113 e. The Balaban J connectivity index is 2.03. The van der Waals surface area contributed by atoms with E-state index in [-0.39, 0.29) is 0 Å². The average Bonchev–Trinajstić information content (AvgIpc) is 2.47. The van der Waals surface area contributed by atoms with Gasteiger partial charge >= 0.3 is 0 Å². The van der Waals surface area contributed by atoms with Crippen LogP contribution in [0.2, 0.25) is 0 Å². The lowest BCUT2D eigenvalue weighted by molar-refractivity contribution is 0.101. The molecule has 1 fully saturated rings. The SMILES string of the molecule is CCCCCC(C)NCCN1CCN(C(C)CC)CC1. The molecule has 1 aliphatic rings. The Kier molecular flexibility index (Phi) is 9.49. The zero-order valence-corrected chi connectivity index (χ0v) is 14.3. The number of hydrogen-bond acceptors (Lipinski definition) is 3. The molecule has 0 amide bonds. The van der Waals surface area contributed by atoms with E-state index in [1.165, 1.54) is 64.8 Å². The first-order chi connectivity index (χ1) is 9.67. The third kappa shape index (κ3) is 7.05. The largest absolute Gasteiger partial charge is 0.313 e. The quantitative estimate of drug-likeness (QED) is 0.622. The number of rotatable bonds is 10. The number of unbranched alkanes of at least 4 members (excludes halogenated alkanes) is 2. The normalized spacial score (nSPS) is 21.0. The van der Waals surface area contributed by atoms with E-state index in [2.05, 4.69) is 42.8 Å². The summed E-state index contributed by atoms with van der Waals surface area (Å²) in [5, 5.41) is 3.68. The highest BCUT2D eigenvalue weighted by Crippen LogP contribution is 2.08. The molecule has 3 heteroatoms. The maximum atomic E-state index is 3.68. The van der Waals surface area contributed by atoms with Crippen molar-refractivity contribution in [3.63, 3.8) is 0 Å². The minimum Gasteiger partial charge on any atom is -0.313 e. The Hall–Kier alpha value is -0.120. The minimum atomic E-state index is 0.683. The molecule has 0 spiro atoms. The predicted octanol–water partition coefficient (Wildman–Crippen LogP) is 2.96. The Morgan fingerprint density at radius 1 is 1.00 bits per heavy atom. The summed E-state index contributed by atoms with van der Waals surface area (Å²) < 4.78 is 0. The molecule has 3 nitrogen and oxygen atoms in total. The van der Waals surface area contributed by atoms with E-state index in [0.29, 0.717) is 6.04 Å². The Morgan fingerprint density at radius 2 is 1.70 bits per heavy atom. The van der Waals surface area contributed by atoms with Crippen LogP contribution in [0, 0.1) is 0 Å². The van der Waals surface area contributed by atoms with Crippen molar-refractivity contribution in [3.05, 3.63) is 0 Å². The van der Waals surface area contributed by atoms with Gasteiger partial charge in [0.25, 0.3) is 0 Å². The Bertz CT molecular complexity index is 224. The van der Waals surface area contributed by atoms with Gasteiger partial charge in [-0.15, -0.1) is 0 Å². The fraction of sp³-hybridized carbons (Fsp3) is 1.00. The molecule has 2 unspecified atom stereocenters. The van der Waals surface area contributed by atoms with Crippen LogP contribution >= 0.6 is 0 Å². The second kappa shape index (κ2) is 10.6. The van der Waals surface area contributed by atoms with E-state index in [1.807, 2.05) is 0 Å². The zero-order valence-electron chi connectivity index (χ0n) is 14.3. The van der Waals surface area contributed by atoms with E-state index in [4.69, 9.17) is 0 Å². The molecular formula is C17H37N3. The van der Waals surface area contributed by atoms with Crippen LogP contribution in [0.15, 0.2) is 0 Å². The summed E-state index contributed by atoms with van der Waals surface area (Å²) in [4.78, 5) is 5.25. The van der Waals surface area contributed by atoms with E-state index in [0.717, 1.165) is 12.6 Å². The molecule has 2 atom stereocenters. The summed E-state index contributed by atoms with van der Waals surface area (Å²) in [6.45, 7) is 16.6. The summed E-state index contributed by atoms with van der Waals surface area (Å²) in [6.07, 6.45) is 6.68. The van der Waals surface area contributed by atoms with Crippen molar-refractivity contribution < 1.29 is 0 Å². The number of nitrogens with one attached hydrogen (secondary N) is 1. The van der Waals surface area contributed by atoms with E-state index >= 15 is 0 Å². The van der Waals surface area contributed by atoms with Crippen molar-refractivity contribution in [2.24, 2.45) is 0 Å². The predicted molar refractivity (Wildman–Crippen MR) is 89.4 cm³/mol. The molecule has 120 valence electrons. The second-order valence-corrected chi connectivity index (χ2v) is 6.49. The van der Waals surface area contributed by atoms with Crippen molar-refractivity contribution in [1.82, 2.24) is 15.1 Å². The molecule has 0 radical (unpaired) electrons. The first-order valence-electron chi connectivity index (χ1n) is 8.87. The van der Waals surface area contributed by atoms with Crippen LogP contribution in [0.5, 0.6) is 0 Å². The molecule has 20 heavy (non-hydrogen) atoms. The van der Waals surface area contributed by atoms with Crippen molar-refractivity contribution >= 4 is 0 Å². The van der Waals surface area contributed by atoms with Gasteiger partial charge in [0.2, 0.25) is 0 Å². The van der Waals surface area contributed by atoms with Gasteiger partial charge in [0, 0.05) is 51.4 Å². The van der Waals surface area contributed by atoms with Crippen molar-refractivity contribution in [1.29, 1.82) is 0 Å². The van der Waals surface area contributed by atoms with Crippen LogP contribution in [0.4, 0.5) is 0 Å².